The number of fused-ring (bicyclic) bond motifs is 2. The van der Waals surface area contributed by atoms with Gasteiger partial charge in [-0.2, -0.15) is 0 Å². The molecule has 1 aromatic rings. The van der Waals surface area contributed by atoms with Gasteiger partial charge < -0.3 is 14.4 Å². The number of amides is 1. The van der Waals surface area contributed by atoms with Crippen molar-refractivity contribution in [3.8, 4) is 0 Å². The number of hydrogen-bond acceptors (Lipinski definition) is 3. The lowest BCUT2D eigenvalue weighted by Gasteiger charge is -2.21. The number of alkyl halides is 1. The summed E-state index contributed by atoms with van der Waals surface area (Å²) >= 11 is 9.42. The summed E-state index contributed by atoms with van der Waals surface area (Å²) in [6, 6.07) is 5.39. The van der Waals surface area contributed by atoms with Gasteiger partial charge in [0.15, 0.2) is 0 Å². The Hall–Kier alpha value is -0.620. The van der Waals surface area contributed by atoms with E-state index in [9.17, 15) is 4.79 Å². The topological polar surface area (TPSA) is 38.8 Å². The Morgan fingerprint density at radius 3 is 2.79 bits per heavy atom. The SMILES string of the molecule is O=C1N(CCCBr)c2ccc(Cl)cc2C12OCCO2. The molecule has 0 aromatic heterocycles. The summed E-state index contributed by atoms with van der Waals surface area (Å²) in [7, 11) is 0. The molecule has 0 atom stereocenters. The number of nitrogens with zero attached hydrogens (tertiary/aromatic N) is 1. The van der Waals surface area contributed by atoms with E-state index in [0.717, 1.165) is 23.0 Å². The summed E-state index contributed by atoms with van der Waals surface area (Å²) in [5, 5.41) is 1.42. The first-order valence-corrected chi connectivity index (χ1v) is 7.65. The fourth-order valence-corrected chi connectivity index (χ4v) is 2.96. The highest BCUT2D eigenvalue weighted by Crippen LogP contribution is 2.46. The Bertz CT molecular complexity index is 517. The van der Waals surface area contributed by atoms with E-state index in [4.69, 9.17) is 21.1 Å². The monoisotopic (exact) mass is 345 g/mol. The number of ether oxygens (including phenoxy) is 2. The molecule has 0 aliphatic carbocycles. The van der Waals surface area contributed by atoms with Crippen molar-refractivity contribution >= 4 is 39.1 Å². The van der Waals surface area contributed by atoms with Crippen LogP contribution in [-0.2, 0) is 20.1 Å². The second kappa shape index (κ2) is 5.05. The average molecular weight is 347 g/mol. The van der Waals surface area contributed by atoms with Gasteiger partial charge in [0.1, 0.15) is 0 Å². The molecule has 3 rings (SSSR count). The van der Waals surface area contributed by atoms with Crippen LogP contribution in [0, 0.1) is 0 Å². The fourth-order valence-electron chi connectivity index (χ4n) is 2.54. The third-order valence-electron chi connectivity index (χ3n) is 3.34. The first-order valence-electron chi connectivity index (χ1n) is 6.15. The largest absolute Gasteiger partial charge is 0.336 e. The molecule has 102 valence electrons. The summed E-state index contributed by atoms with van der Waals surface area (Å²) in [6.45, 7) is 1.47. The van der Waals surface area contributed by atoms with Crippen molar-refractivity contribution in [1.29, 1.82) is 0 Å². The van der Waals surface area contributed by atoms with E-state index < -0.39 is 5.79 Å². The van der Waals surface area contributed by atoms with Crippen molar-refractivity contribution in [2.24, 2.45) is 0 Å². The van der Waals surface area contributed by atoms with Gasteiger partial charge >= 0.3 is 0 Å². The lowest BCUT2D eigenvalue weighted by molar-refractivity contribution is -0.180. The highest BCUT2D eigenvalue weighted by Gasteiger charge is 2.55. The van der Waals surface area contributed by atoms with Crippen molar-refractivity contribution in [3.05, 3.63) is 28.8 Å². The summed E-state index contributed by atoms with van der Waals surface area (Å²) in [5.41, 5.74) is 1.55. The van der Waals surface area contributed by atoms with Crippen LogP contribution in [0.1, 0.15) is 12.0 Å². The minimum Gasteiger partial charge on any atom is -0.336 e. The standard InChI is InChI=1S/C13H13BrClNO3/c14-4-1-5-16-11-3-2-9(15)8-10(11)13(12(16)17)18-6-7-19-13/h2-3,8H,1,4-7H2. The van der Waals surface area contributed by atoms with Gasteiger partial charge in [0, 0.05) is 22.5 Å². The summed E-state index contributed by atoms with van der Waals surface area (Å²) in [4.78, 5) is 14.3. The van der Waals surface area contributed by atoms with Crippen LogP contribution in [0.25, 0.3) is 0 Å². The minimum absolute atomic E-state index is 0.150. The summed E-state index contributed by atoms with van der Waals surface area (Å²) < 4.78 is 11.2. The molecule has 0 unspecified atom stereocenters. The van der Waals surface area contributed by atoms with E-state index in [0.29, 0.717) is 24.8 Å². The van der Waals surface area contributed by atoms with E-state index in [2.05, 4.69) is 15.9 Å². The molecule has 0 radical (unpaired) electrons. The van der Waals surface area contributed by atoms with E-state index in [1.54, 1.807) is 17.0 Å². The molecule has 2 aliphatic heterocycles. The molecule has 1 saturated heterocycles. The van der Waals surface area contributed by atoms with Crippen molar-refractivity contribution in [3.63, 3.8) is 0 Å². The van der Waals surface area contributed by atoms with Crippen LogP contribution in [0.4, 0.5) is 5.69 Å². The molecule has 1 spiro atoms. The number of carbonyl (C=O) groups is 1. The highest BCUT2D eigenvalue weighted by molar-refractivity contribution is 9.09. The second-order valence-electron chi connectivity index (χ2n) is 4.47. The number of halogens is 2. The molecule has 0 bridgehead atoms. The number of rotatable bonds is 3. The third kappa shape index (κ3) is 2.00. The van der Waals surface area contributed by atoms with E-state index in [1.807, 2.05) is 6.07 Å². The maximum Gasteiger partial charge on any atom is 0.292 e. The average Bonchev–Trinajstić information content (AvgIpc) is 2.97. The van der Waals surface area contributed by atoms with E-state index in [1.165, 1.54) is 0 Å². The Kier molecular flexibility index (Phi) is 3.55. The van der Waals surface area contributed by atoms with Crippen LogP contribution in [0.15, 0.2) is 18.2 Å². The molecule has 2 heterocycles. The van der Waals surface area contributed by atoms with Crippen molar-refractivity contribution in [2.75, 3.05) is 30.0 Å². The van der Waals surface area contributed by atoms with E-state index in [-0.39, 0.29) is 5.91 Å². The molecular weight excluding hydrogens is 334 g/mol. The predicted molar refractivity (Wildman–Crippen MR) is 75.8 cm³/mol. The molecule has 0 N–H and O–H groups in total. The lowest BCUT2D eigenvalue weighted by Crippen LogP contribution is -2.41. The predicted octanol–water partition coefficient (Wildman–Crippen LogP) is 2.67. The zero-order valence-corrected chi connectivity index (χ0v) is 12.5. The number of anilines is 1. The fraction of sp³-hybridized carbons (Fsp3) is 0.462. The van der Waals surface area contributed by atoms with Crippen LogP contribution < -0.4 is 4.90 Å². The van der Waals surface area contributed by atoms with E-state index >= 15 is 0 Å². The van der Waals surface area contributed by atoms with Gasteiger partial charge in [0.25, 0.3) is 11.7 Å². The van der Waals surface area contributed by atoms with Crippen LogP contribution in [0.2, 0.25) is 5.02 Å². The Balaban J connectivity index is 2.06. The third-order valence-corrected chi connectivity index (χ3v) is 4.14. The molecule has 6 heteroatoms. The van der Waals surface area contributed by atoms with Crippen LogP contribution in [0.3, 0.4) is 0 Å². The number of benzene rings is 1. The van der Waals surface area contributed by atoms with Gasteiger partial charge in [-0.25, -0.2) is 0 Å². The highest BCUT2D eigenvalue weighted by atomic mass is 79.9. The van der Waals surface area contributed by atoms with Gasteiger partial charge in [-0.05, 0) is 24.6 Å². The molecule has 4 nitrogen and oxygen atoms in total. The maximum absolute atomic E-state index is 12.6. The molecule has 1 aromatic carbocycles. The molecule has 1 amide bonds. The summed E-state index contributed by atoms with van der Waals surface area (Å²) in [5.74, 6) is -1.42. The molecule has 1 fully saturated rings. The first kappa shape index (κ1) is 13.4. The number of carbonyl (C=O) groups excluding carboxylic acids is 1. The van der Waals surface area contributed by atoms with Crippen molar-refractivity contribution in [2.45, 2.75) is 12.2 Å². The number of hydrogen-bond donors (Lipinski definition) is 0. The Morgan fingerprint density at radius 1 is 1.37 bits per heavy atom. The Morgan fingerprint density at radius 2 is 2.11 bits per heavy atom. The first-order chi connectivity index (χ1) is 9.19. The molecule has 0 saturated carbocycles. The van der Waals surface area contributed by atoms with Crippen molar-refractivity contribution in [1.82, 2.24) is 0 Å². The quantitative estimate of drug-likeness (QED) is 0.790. The van der Waals surface area contributed by atoms with Gasteiger partial charge in [-0.15, -0.1) is 0 Å². The summed E-state index contributed by atoms with van der Waals surface area (Å²) in [6.07, 6.45) is 0.865. The van der Waals surface area contributed by atoms with Crippen LogP contribution in [-0.4, -0.2) is 31.0 Å². The van der Waals surface area contributed by atoms with Gasteiger partial charge in [0.05, 0.1) is 18.9 Å². The van der Waals surface area contributed by atoms with Gasteiger partial charge in [-0.1, -0.05) is 27.5 Å². The zero-order chi connectivity index (χ0) is 13.5. The van der Waals surface area contributed by atoms with Crippen LogP contribution >= 0.6 is 27.5 Å². The molecule has 19 heavy (non-hydrogen) atoms. The zero-order valence-electron chi connectivity index (χ0n) is 10.2. The Labute approximate surface area is 124 Å². The minimum atomic E-state index is -1.27. The lowest BCUT2D eigenvalue weighted by atomic mass is 10.1. The van der Waals surface area contributed by atoms with Gasteiger partial charge in [0.2, 0.25) is 0 Å². The van der Waals surface area contributed by atoms with Gasteiger partial charge in [-0.3, -0.25) is 4.79 Å². The van der Waals surface area contributed by atoms with Crippen LogP contribution in [0.5, 0.6) is 0 Å². The van der Waals surface area contributed by atoms with Crippen molar-refractivity contribution < 1.29 is 14.3 Å². The normalized spacial score (nSPS) is 20.3. The second-order valence-corrected chi connectivity index (χ2v) is 5.70. The molecule has 2 aliphatic rings. The maximum atomic E-state index is 12.6. The molecular formula is C13H13BrClNO3. The smallest absolute Gasteiger partial charge is 0.292 e.